The van der Waals surface area contributed by atoms with Gasteiger partial charge in [0, 0.05) is 32.7 Å². The van der Waals surface area contributed by atoms with Crippen LogP contribution in [0, 0.1) is 0 Å². The number of nitrogen functional groups attached to an aromatic ring is 1. The number of amides is 1. The zero-order chi connectivity index (χ0) is 13.8. The number of carbonyl (C=O) groups excluding carboxylic acids is 1. The molecule has 1 fully saturated rings. The second-order valence-electron chi connectivity index (χ2n) is 5.16. The van der Waals surface area contributed by atoms with Crippen molar-refractivity contribution in [2.75, 3.05) is 38.3 Å². The van der Waals surface area contributed by atoms with Crippen LogP contribution in [0.15, 0.2) is 18.2 Å². The maximum absolute atomic E-state index is 11.9. The number of piperidine rings is 1. The Labute approximate surface area is 114 Å². The molecule has 1 heterocycles. The van der Waals surface area contributed by atoms with Gasteiger partial charge < -0.3 is 16.1 Å². The summed E-state index contributed by atoms with van der Waals surface area (Å²) >= 11 is 0. The largest absolute Gasteiger partial charge is 0.397 e. The molecule has 1 aromatic carbocycles. The number of nitrogens with one attached hydrogen (secondary N) is 1. The molecule has 1 aromatic rings. The Morgan fingerprint density at radius 1 is 1.26 bits per heavy atom. The van der Waals surface area contributed by atoms with Gasteiger partial charge in [-0.2, -0.15) is 0 Å². The SMILES string of the molecule is CN(C)C(=O)c1ccc(N)c(NN2CCCCC2)c1. The van der Waals surface area contributed by atoms with Crippen LogP contribution in [0.5, 0.6) is 0 Å². The van der Waals surface area contributed by atoms with E-state index in [-0.39, 0.29) is 5.91 Å². The lowest BCUT2D eigenvalue weighted by Gasteiger charge is -2.28. The van der Waals surface area contributed by atoms with Crippen LogP contribution in [0.2, 0.25) is 0 Å². The molecule has 1 aliphatic rings. The van der Waals surface area contributed by atoms with E-state index in [4.69, 9.17) is 5.73 Å². The Bertz CT molecular complexity index is 453. The standard InChI is InChI=1S/C14H22N4O/c1-17(2)14(19)11-6-7-12(15)13(10-11)16-18-8-4-3-5-9-18/h6-7,10,16H,3-5,8-9,15H2,1-2H3. The average Bonchev–Trinajstić information content (AvgIpc) is 2.41. The Morgan fingerprint density at radius 3 is 2.58 bits per heavy atom. The predicted molar refractivity (Wildman–Crippen MR) is 77.9 cm³/mol. The molecule has 0 spiro atoms. The monoisotopic (exact) mass is 262 g/mol. The molecule has 19 heavy (non-hydrogen) atoms. The molecule has 1 saturated heterocycles. The van der Waals surface area contributed by atoms with Gasteiger partial charge in [0.1, 0.15) is 0 Å². The number of nitrogens with two attached hydrogens (primary N) is 1. The van der Waals surface area contributed by atoms with Gasteiger partial charge in [0.25, 0.3) is 5.91 Å². The molecule has 3 N–H and O–H groups in total. The topological polar surface area (TPSA) is 61.6 Å². The van der Waals surface area contributed by atoms with Gasteiger partial charge in [-0.25, -0.2) is 5.01 Å². The van der Waals surface area contributed by atoms with Gasteiger partial charge in [-0.15, -0.1) is 0 Å². The molecule has 2 rings (SSSR count). The quantitative estimate of drug-likeness (QED) is 0.815. The molecule has 5 nitrogen and oxygen atoms in total. The fraction of sp³-hybridized carbons (Fsp3) is 0.500. The van der Waals surface area contributed by atoms with Crippen LogP contribution in [0.3, 0.4) is 0 Å². The Hall–Kier alpha value is -1.75. The fourth-order valence-electron chi connectivity index (χ4n) is 2.22. The van der Waals surface area contributed by atoms with E-state index in [1.165, 1.54) is 19.3 Å². The van der Waals surface area contributed by atoms with E-state index in [2.05, 4.69) is 10.4 Å². The zero-order valence-electron chi connectivity index (χ0n) is 11.6. The smallest absolute Gasteiger partial charge is 0.253 e. The first-order valence-corrected chi connectivity index (χ1v) is 6.70. The minimum absolute atomic E-state index is 0.0123. The summed E-state index contributed by atoms with van der Waals surface area (Å²) in [5.74, 6) is -0.0123. The van der Waals surface area contributed by atoms with Crippen LogP contribution < -0.4 is 11.2 Å². The molecule has 0 aliphatic carbocycles. The number of benzene rings is 1. The fourth-order valence-corrected chi connectivity index (χ4v) is 2.22. The van der Waals surface area contributed by atoms with E-state index in [0.717, 1.165) is 18.8 Å². The second-order valence-corrected chi connectivity index (χ2v) is 5.16. The minimum Gasteiger partial charge on any atom is -0.397 e. The summed E-state index contributed by atoms with van der Waals surface area (Å²) in [4.78, 5) is 13.5. The number of hydrogen-bond donors (Lipinski definition) is 2. The molecule has 0 unspecified atom stereocenters. The van der Waals surface area contributed by atoms with Crippen molar-refractivity contribution < 1.29 is 4.79 Å². The summed E-state index contributed by atoms with van der Waals surface area (Å²) in [6.07, 6.45) is 3.68. The second kappa shape index (κ2) is 5.93. The summed E-state index contributed by atoms with van der Waals surface area (Å²) in [5, 5.41) is 2.17. The van der Waals surface area contributed by atoms with E-state index in [0.29, 0.717) is 11.3 Å². The average molecular weight is 262 g/mol. The number of hydrogen-bond acceptors (Lipinski definition) is 4. The Kier molecular flexibility index (Phi) is 4.27. The van der Waals surface area contributed by atoms with Gasteiger partial charge in [-0.3, -0.25) is 4.79 Å². The van der Waals surface area contributed by atoms with E-state index in [1.54, 1.807) is 31.1 Å². The highest BCUT2D eigenvalue weighted by Gasteiger charge is 2.14. The van der Waals surface area contributed by atoms with Crippen molar-refractivity contribution in [3.63, 3.8) is 0 Å². The molecule has 1 amide bonds. The third-order valence-corrected chi connectivity index (χ3v) is 3.34. The lowest BCUT2D eigenvalue weighted by atomic mass is 10.1. The van der Waals surface area contributed by atoms with Crippen LogP contribution in [-0.4, -0.2) is 43.0 Å². The minimum atomic E-state index is -0.0123. The Balaban J connectivity index is 2.14. The lowest BCUT2D eigenvalue weighted by Crippen LogP contribution is -2.35. The zero-order valence-corrected chi connectivity index (χ0v) is 11.6. The predicted octanol–water partition coefficient (Wildman–Crippen LogP) is 1.78. The maximum atomic E-state index is 11.9. The van der Waals surface area contributed by atoms with E-state index < -0.39 is 0 Å². The van der Waals surface area contributed by atoms with Crippen LogP contribution in [-0.2, 0) is 0 Å². The van der Waals surface area contributed by atoms with Crippen molar-refractivity contribution in [3.8, 4) is 0 Å². The molecule has 0 atom stereocenters. The highest BCUT2D eigenvalue weighted by molar-refractivity contribution is 5.95. The van der Waals surface area contributed by atoms with Gasteiger partial charge in [0.15, 0.2) is 0 Å². The van der Waals surface area contributed by atoms with Crippen molar-refractivity contribution in [1.82, 2.24) is 9.91 Å². The van der Waals surface area contributed by atoms with Crippen molar-refractivity contribution in [2.45, 2.75) is 19.3 Å². The van der Waals surface area contributed by atoms with Gasteiger partial charge in [0.2, 0.25) is 0 Å². The van der Waals surface area contributed by atoms with E-state index in [1.807, 2.05) is 6.07 Å². The summed E-state index contributed by atoms with van der Waals surface area (Å²) in [5.41, 5.74) is 11.4. The molecular formula is C14H22N4O. The molecule has 0 bridgehead atoms. The summed E-state index contributed by atoms with van der Waals surface area (Å²) < 4.78 is 0. The van der Waals surface area contributed by atoms with Crippen LogP contribution in [0.1, 0.15) is 29.6 Å². The van der Waals surface area contributed by atoms with Gasteiger partial charge in [-0.05, 0) is 31.0 Å². The number of anilines is 2. The first kappa shape index (κ1) is 13.7. The van der Waals surface area contributed by atoms with Gasteiger partial charge in [-0.1, -0.05) is 6.42 Å². The number of hydrazine groups is 1. The molecule has 0 radical (unpaired) electrons. The molecule has 104 valence electrons. The molecule has 5 heteroatoms. The highest BCUT2D eigenvalue weighted by Crippen LogP contribution is 2.22. The van der Waals surface area contributed by atoms with Crippen molar-refractivity contribution in [3.05, 3.63) is 23.8 Å². The Morgan fingerprint density at radius 2 is 1.95 bits per heavy atom. The summed E-state index contributed by atoms with van der Waals surface area (Å²) in [6, 6.07) is 5.37. The highest BCUT2D eigenvalue weighted by atomic mass is 16.2. The van der Waals surface area contributed by atoms with Crippen LogP contribution >= 0.6 is 0 Å². The number of rotatable bonds is 3. The summed E-state index contributed by atoms with van der Waals surface area (Å²) in [7, 11) is 3.49. The molecular weight excluding hydrogens is 240 g/mol. The van der Waals surface area contributed by atoms with Gasteiger partial charge in [0.05, 0.1) is 11.4 Å². The summed E-state index contributed by atoms with van der Waals surface area (Å²) in [6.45, 7) is 2.04. The maximum Gasteiger partial charge on any atom is 0.253 e. The van der Waals surface area contributed by atoms with Crippen molar-refractivity contribution >= 4 is 17.3 Å². The third-order valence-electron chi connectivity index (χ3n) is 3.34. The van der Waals surface area contributed by atoms with Crippen LogP contribution in [0.4, 0.5) is 11.4 Å². The van der Waals surface area contributed by atoms with Crippen LogP contribution in [0.25, 0.3) is 0 Å². The van der Waals surface area contributed by atoms with E-state index >= 15 is 0 Å². The van der Waals surface area contributed by atoms with E-state index in [9.17, 15) is 4.79 Å². The first-order chi connectivity index (χ1) is 9.08. The van der Waals surface area contributed by atoms with Gasteiger partial charge >= 0.3 is 0 Å². The number of nitrogens with zero attached hydrogens (tertiary/aromatic N) is 2. The molecule has 1 aliphatic heterocycles. The normalized spacial score (nSPS) is 16.1. The van der Waals surface area contributed by atoms with Crippen molar-refractivity contribution in [1.29, 1.82) is 0 Å². The third kappa shape index (κ3) is 3.38. The molecule has 0 saturated carbocycles. The lowest BCUT2D eigenvalue weighted by molar-refractivity contribution is 0.0827. The molecule has 0 aromatic heterocycles. The van der Waals surface area contributed by atoms with Crippen molar-refractivity contribution in [2.24, 2.45) is 0 Å². The number of carbonyl (C=O) groups is 1. The first-order valence-electron chi connectivity index (χ1n) is 6.70.